The van der Waals surface area contributed by atoms with Crippen LogP contribution in [0.1, 0.15) is 25.0 Å². The third-order valence-electron chi connectivity index (χ3n) is 2.35. The highest BCUT2D eigenvalue weighted by molar-refractivity contribution is 5.37. The van der Waals surface area contributed by atoms with Crippen LogP contribution in [0.5, 0.6) is 0 Å². The Morgan fingerprint density at radius 1 is 1.29 bits per heavy atom. The standard InChI is InChI=1S/C12H16O2/c1-10-4-6-11(7-5-10)12(2,3)8-14-9-13/h4-7,9H,8H2,1-3H3. The predicted molar refractivity (Wildman–Crippen MR) is 56.2 cm³/mol. The molecule has 0 atom stereocenters. The van der Waals surface area contributed by atoms with E-state index in [9.17, 15) is 4.79 Å². The van der Waals surface area contributed by atoms with Gasteiger partial charge in [0.15, 0.2) is 0 Å². The van der Waals surface area contributed by atoms with Gasteiger partial charge in [-0.05, 0) is 12.5 Å². The van der Waals surface area contributed by atoms with Crippen LogP contribution in [-0.2, 0) is 14.9 Å². The van der Waals surface area contributed by atoms with Gasteiger partial charge in [-0.15, -0.1) is 0 Å². The van der Waals surface area contributed by atoms with E-state index in [0.29, 0.717) is 13.1 Å². The maximum absolute atomic E-state index is 10.1. The lowest BCUT2D eigenvalue weighted by Crippen LogP contribution is -2.23. The van der Waals surface area contributed by atoms with Crippen LogP contribution < -0.4 is 0 Å². The van der Waals surface area contributed by atoms with Gasteiger partial charge in [0.1, 0.15) is 6.61 Å². The van der Waals surface area contributed by atoms with Crippen LogP contribution in [0.15, 0.2) is 24.3 Å². The van der Waals surface area contributed by atoms with Crippen molar-refractivity contribution in [1.29, 1.82) is 0 Å². The van der Waals surface area contributed by atoms with Gasteiger partial charge < -0.3 is 4.74 Å². The number of hydrogen-bond donors (Lipinski definition) is 0. The molecule has 0 radical (unpaired) electrons. The summed E-state index contributed by atoms with van der Waals surface area (Å²) >= 11 is 0. The molecule has 0 saturated carbocycles. The second-order valence-electron chi connectivity index (χ2n) is 4.16. The Labute approximate surface area is 84.9 Å². The summed E-state index contributed by atoms with van der Waals surface area (Å²) in [6.45, 7) is 7.08. The minimum Gasteiger partial charge on any atom is -0.467 e. The average Bonchev–Trinajstić information content (AvgIpc) is 2.16. The Morgan fingerprint density at radius 2 is 1.86 bits per heavy atom. The highest BCUT2D eigenvalue weighted by Crippen LogP contribution is 2.23. The fourth-order valence-electron chi connectivity index (χ4n) is 1.33. The first-order valence-corrected chi connectivity index (χ1v) is 4.69. The summed E-state index contributed by atoms with van der Waals surface area (Å²) < 4.78 is 4.80. The lowest BCUT2D eigenvalue weighted by molar-refractivity contribution is -0.130. The molecule has 76 valence electrons. The van der Waals surface area contributed by atoms with Crippen LogP contribution in [0, 0.1) is 6.92 Å². The van der Waals surface area contributed by atoms with E-state index < -0.39 is 0 Å². The van der Waals surface area contributed by atoms with Crippen LogP contribution in [0.2, 0.25) is 0 Å². The molecule has 0 spiro atoms. The van der Waals surface area contributed by atoms with Crippen molar-refractivity contribution in [2.24, 2.45) is 0 Å². The van der Waals surface area contributed by atoms with Gasteiger partial charge >= 0.3 is 0 Å². The summed E-state index contributed by atoms with van der Waals surface area (Å²) in [6, 6.07) is 8.28. The smallest absolute Gasteiger partial charge is 0.293 e. The van der Waals surface area contributed by atoms with Crippen molar-refractivity contribution in [2.75, 3.05) is 6.61 Å². The van der Waals surface area contributed by atoms with E-state index >= 15 is 0 Å². The van der Waals surface area contributed by atoms with E-state index in [4.69, 9.17) is 4.74 Å². The summed E-state index contributed by atoms with van der Waals surface area (Å²) in [7, 11) is 0. The summed E-state index contributed by atoms with van der Waals surface area (Å²) in [6.07, 6.45) is 0. The van der Waals surface area contributed by atoms with Crippen molar-refractivity contribution in [2.45, 2.75) is 26.2 Å². The fourth-order valence-corrected chi connectivity index (χ4v) is 1.33. The number of rotatable bonds is 4. The van der Waals surface area contributed by atoms with E-state index in [2.05, 4.69) is 45.0 Å². The Hall–Kier alpha value is -1.31. The van der Waals surface area contributed by atoms with Gasteiger partial charge in [0.2, 0.25) is 0 Å². The Balaban J connectivity index is 2.80. The van der Waals surface area contributed by atoms with Crippen LogP contribution in [0.25, 0.3) is 0 Å². The largest absolute Gasteiger partial charge is 0.467 e. The molecular formula is C12H16O2. The first kappa shape index (κ1) is 10.8. The summed E-state index contributed by atoms with van der Waals surface area (Å²) in [4.78, 5) is 10.1. The van der Waals surface area contributed by atoms with Gasteiger partial charge in [-0.1, -0.05) is 43.7 Å². The van der Waals surface area contributed by atoms with Gasteiger partial charge in [0, 0.05) is 5.41 Å². The van der Waals surface area contributed by atoms with Crippen LogP contribution in [-0.4, -0.2) is 13.1 Å². The number of hydrogen-bond acceptors (Lipinski definition) is 2. The number of carbonyl (C=O) groups excluding carboxylic acids is 1. The molecule has 0 fully saturated rings. The number of benzene rings is 1. The van der Waals surface area contributed by atoms with E-state index in [1.807, 2.05) is 0 Å². The van der Waals surface area contributed by atoms with Crippen LogP contribution in [0.3, 0.4) is 0 Å². The third kappa shape index (κ3) is 2.59. The summed E-state index contributed by atoms with van der Waals surface area (Å²) in [5.41, 5.74) is 2.31. The summed E-state index contributed by atoms with van der Waals surface area (Å²) in [5.74, 6) is 0. The molecule has 1 aromatic carbocycles. The molecule has 2 heteroatoms. The topological polar surface area (TPSA) is 26.3 Å². The fraction of sp³-hybridized carbons (Fsp3) is 0.417. The molecule has 0 N–H and O–H groups in total. The Bertz CT molecular complexity index is 299. The van der Waals surface area contributed by atoms with Gasteiger partial charge in [-0.3, -0.25) is 4.79 Å². The molecule has 0 aliphatic carbocycles. The molecule has 1 rings (SSSR count). The van der Waals surface area contributed by atoms with Crippen molar-refractivity contribution >= 4 is 6.47 Å². The van der Waals surface area contributed by atoms with Crippen molar-refractivity contribution in [3.8, 4) is 0 Å². The summed E-state index contributed by atoms with van der Waals surface area (Å²) in [5, 5.41) is 0. The molecule has 0 aromatic heterocycles. The Morgan fingerprint density at radius 3 is 2.36 bits per heavy atom. The molecule has 1 aromatic rings. The van der Waals surface area contributed by atoms with Crippen molar-refractivity contribution in [3.63, 3.8) is 0 Å². The third-order valence-corrected chi connectivity index (χ3v) is 2.35. The molecule has 2 nitrogen and oxygen atoms in total. The van der Waals surface area contributed by atoms with Crippen molar-refractivity contribution in [3.05, 3.63) is 35.4 Å². The molecule has 0 amide bonds. The molecule has 0 unspecified atom stereocenters. The van der Waals surface area contributed by atoms with E-state index in [1.54, 1.807) is 0 Å². The second kappa shape index (κ2) is 4.27. The van der Waals surface area contributed by atoms with E-state index in [0.717, 1.165) is 0 Å². The molecule has 14 heavy (non-hydrogen) atoms. The highest BCUT2D eigenvalue weighted by atomic mass is 16.5. The molecule has 0 saturated heterocycles. The molecule has 0 bridgehead atoms. The lowest BCUT2D eigenvalue weighted by Gasteiger charge is -2.23. The zero-order chi connectivity index (χ0) is 10.6. The first-order chi connectivity index (χ1) is 6.56. The SMILES string of the molecule is Cc1ccc(C(C)(C)COC=O)cc1. The van der Waals surface area contributed by atoms with E-state index in [-0.39, 0.29) is 5.41 Å². The minimum absolute atomic E-state index is 0.116. The van der Waals surface area contributed by atoms with Crippen LogP contribution >= 0.6 is 0 Å². The molecule has 0 aliphatic rings. The normalized spacial score (nSPS) is 11.1. The monoisotopic (exact) mass is 192 g/mol. The molecule has 0 heterocycles. The highest BCUT2D eigenvalue weighted by Gasteiger charge is 2.20. The number of carbonyl (C=O) groups is 1. The maximum atomic E-state index is 10.1. The Kier molecular flexibility index (Phi) is 3.28. The number of aryl methyl sites for hydroxylation is 1. The quantitative estimate of drug-likeness (QED) is 0.685. The van der Waals surface area contributed by atoms with Gasteiger partial charge in [-0.2, -0.15) is 0 Å². The minimum atomic E-state index is -0.116. The van der Waals surface area contributed by atoms with Gasteiger partial charge in [-0.25, -0.2) is 0 Å². The van der Waals surface area contributed by atoms with Crippen LogP contribution in [0.4, 0.5) is 0 Å². The number of ether oxygens (including phenoxy) is 1. The maximum Gasteiger partial charge on any atom is 0.293 e. The zero-order valence-corrected chi connectivity index (χ0v) is 8.91. The van der Waals surface area contributed by atoms with Gasteiger partial charge in [0.05, 0.1) is 0 Å². The van der Waals surface area contributed by atoms with Crippen molar-refractivity contribution < 1.29 is 9.53 Å². The predicted octanol–water partition coefficient (Wildman–Crippen LogP) is 2.45. The zero-order valence-electron chi connectivity index (χ0n) is 8.91. The van der Waals surface area contributed by atoms with Crippen molar-refractivity contribution in [1.82, 2.24) is 0 Å². The average molecular weight is 192 g/mol. The molecule has 0 aliphatic heterocycles. The second-order valence-corrected chi connectivity index (χ2v) is 4.16. The van der Waals surface area contributed by atoms with E-state index in [1.165, 1.54) is 11.1 Å². The first-order valence-electron chi connectivity index (χ1n) is 4.69. The molecular weight excluding hydrogens is 176 g/mol. The van der Waals surface area contributed by atoms with Gasteiger partial charge in [0.25, 0.3) is 6.47 Å². The lowest BCUT2D eigenvalue weighted by atomic mass is 9.85.